The van der Waals surface area contributed by atoms with Crippen molar-refractivity contribution in [2.24, 2.45) is 0 Å². The highest BCUT2D eigenvalue weighted by molar-refractivity contribution is 5.81. The van der Waals surface area contributed by atoms with Crippen molar-refractivity contribution >= 4 is 5.97 Å². The van der Waals surface area contributed by atoms with Crippen molar-refractivity contribution in [2.75, 3.05) is 19.8 Å². The molecule has 0 spiro atoms. The van der Waals surface area contributed by atoms with Crippen LogP contribution < -0.4 is 0 Å². The number of carbonyl (C=O) groups excluding carboxylic acids is 1. The summed E-state index contributed by atoms with van der Waals surface area (Å²) >= 11 is 0. The fraction of sp³-hybridized carbons (Fsp3) is 0.562. The maximum absolute atomic E-state index is 11.0. The summed E-state index contributed by atoms with van der Waals surface area (Å²) in [5.41, 5.74) is 0. The molecule has 0 bridgehead atoms. The highest BCUT2D eigenvalue weighted by Gasteiger charge is 1.91. The van der Waals surface area contributed by atoms with Crippen molar-refractivity contribution in [3.05, 3.63) is 12.2 Å². The molecule has 0 aliphatic rings. The summed E-state index contributed by atoms with van der Waals surface area (Å²) < 4.78 is 9.96. The first-order valence-electron chi connectivity index (χ1n) is 6.63. The van der Waals surface area contributed by atoms with Crippen LogP contribution in [0, 0.1) is 23.7 Å². The van der Waals surface area contributed by atoms with Gasteiger partial charge < -0.3 is 9.47 Å². The van der Waals surface area contributed by atoms with Gasteiger partial charge in [0.2, 0.25) is 0 Å². The number of ether oxygens (including phenoxy) is 2. The van der Waals surface area contributed by atoms with Crippen LogP contribution in [0.3, 0.4) is 0 Å². The third-order valence-electron chi connectivity index (χ3n) is 1.99. The lowest BCUT2D eigenvalue weighted by molar-refractivity contribution is -0.137. The topological polar surface area (TPSA) is 35.5 Å². The predicted octanol–water partition coefficient (Wildman–Crippen LogP) is 2.71. The molecule has 0 aromatic rings. The Labute approximate surface area is 116 Å². The third-order valence-corrected chi connectivity index (χ3v) is 1.99. The summed E-state index contributed by atoms with van der Waals surface area (Å²) in [6.07, 6.45) is 6.70. The molecular formula is C16H22O3. The zero-order valence-corrected chi connectivity index (χ0v) is 11.8. The van der Waals surface area contributed by atoms with Crippen molar-refractivity contribution in [3.8, 4) is 23.7 Å². The molecule has 0 saturated heterocycles. The maximum Gasteiger partial charge on any atom is 0.330 e. The Balaban J connectivity index is 3.42. The second-order valence-corrected chi connectivity index (χ2v) is 3.60. The normalized spacial score (nSPS) is 9.37. The molecule has 3 nitrogen and oxygen atoms in total. The average molecular weight is 262 g/mol. The number of esters is 1. The molecule has 3 heteroatoms. The molecule has 104 valence electrons. The summed E-state index contributed by atoms with van der Waals surface area (Å²) in [7, 11) is 0. The molecule has 0 aliphatic carbocycles. The van der Waals surface area contributed by atoms with Gasteiger partial charge in [0.25, 0.3) is 0 Å². The number of unbranched alkanes of at least 4 members (excludes halogenated alkanes) is 2. The number of allylic oxidation sites excluding steroid dienone is 1. The Morgan fingerprint density at radius 1 is 1.11 bits per heavy atom. The van der Waals surface area contributed by atoms with Gasteiger partial charge in [-0.15, -0.1) is 11.8 Å². The Kier molecular flexibility index (Phi) is 13.1. The first kappa shape index (κ1) is 17.3. The minimum absolute atomic E-state index is 0.282. The van der Waals surface area contributed by atoms with Gasteiger partial charge in [0.15, 0.2) is 0 Å². The molecule has 0 aliphatic heterocycles. The van der Waals surface area contributed by atoms with E-state index in [9.17, 15) is 4.79 Å². The van der Waals surface area contributed by atoms with Crippen LogP contribution in [0.5, 0.6) is 0 Å². The molecule has 0 saturated carbocycles. The number of hydrogen-bond acceptors (Lipinski definition) is 3. The van der Waals surface area contributed by atoms with Gasteiger partial charge in [0, 0.05) is 18.9 Å². The van der Waals surface area contributed by atoms with Crippen LogP contribution in [-0.2, 0) is 14.3 Å². The second-order valence-electron chi connectivity index (χ2n) is 3.60. The maximum atomic E-state index is 11.0. The smallest absolute Gasteiger partial charge is 0.330 e. The molecule has 0 atom stereocenters. The van der Waals surface area contributed by atoms with E-state index in [-0.39, 0.29) is 5.97 Å². The Bertz CT molecular complexity index is 374. The number of rotatable bonds is 7. The highest BCUT2D eigenvalue weighted by Crippen LogP contribution is 1.95. The quantitative estimate of drug-likeness (QED) is 0.306. The summed E-state index contributed by atoms with van der Waals surface area (Å²) in [6, 6.07) is 0. The zero-order valence-electron chi connectivity index (χ0n) is 11.8. The minimum atomic E-state index is -0.282. The lowest BCUT2D eigenvalue weighted by Gasteiger charge is -1.94. The number of hydrogen-bond donors (Lipinski definition) is 0. The van der Waals surface area contributed by atoms with Gasteiger partial charge in [-0.3, -0.25) is 0 Å². The summed E-state index contributed by atoms with van der Waals surface area (Å²) in [6.45, 7) is 5.08. The lowest BCUT2D eigenvalue weighted by atomic mass is 10.2. The van der Waals surface area contributed by atoms with Crippen molar-refractivity contribution in [2.45, 2.75) is 39.5 Å². The molecule has 0 aromatic carbocycles. The molecule has 0 rings (SSSR count). The van der Waals surface area contributed by atoms with Crippen molar-refractivity contribution in [1.29, 1.82) is 0 Å². The monoisotopic (exact) mass is 262 g/mol. The van der Waals surface area contributed by atoms with E-state index >= 15 is 0 Å². The number of carbonyl (C=O) groups is 1. The van der Waals surface area contributed by atoms with Gasteiger partial charge in [-0.2, -0.15) is 0 Å². The van der Waals surface area contributed by atoms with E-state index in [1.165, 1.54) is 6.08 Å². The van der Waals surface area contributed by atoms with Crippen LogP contribution >= 0.6 is 0 Å². The zero-order chi connectivity index (χ0) is 14.2. The Hall–Kier alpha value is -1.71. The van der Waals surface area contributed by atoms with E-state index in [2.05, 4.69) is 23.7 Å². The van der Waals surface area contributed by atoms with E-state index < -0.39 is 0 Å². The predicted molar refractivity (Wildman–Crippen MR) is 76.3 cm³/mol. The molecular weight excluding hydrogens is 240 g/mol. The lowest BCUT2D eigenvalue weighted by Crippen LogP contribution is -1.98. The average Bonchev–Trinajstić information content (AvgIpc) is 2.40. The van der Waals surface area contributed by atoms with Crippen LogP contribution in [0.1, 0.15) is 39.5 Å². The second kappa shape index (κ2) is 14.4. The molecule has 0 aromatic heterocycles. The standard InChI is InChI=1S/C16H22O3/c1-3-5-11-14-18-15-12-9-7-6-8-10-13-16(17)19-4-2/h10,13H,3-4,6-8,14-15H2,1-2H3/b13-10+. The van der Waals surface area contributed by atoms with Crippen LogP contribution in [-0.4, -0.2) is 25.8 Å². The Morgan fingerprint density at radius 3 is 2.53 bits per heavy atom. The highest BCUT2D eigenvalue weighted by atomic mass is 16.5. The van der Waals surface area contributed by atoms with E-state index in [1.807, 2.05) is 13.0 Å². The van der Waals surface area contributed by atoms with Gasteiger partial charge in [0.05, 0.1) is 6.61 Å². The van der Waals surface area contributed by atoms with E-state index in [0.29, 0.717) is 19.8 Å². The molecule has 19 heavy (non-hydrogen) atoms. The van der Waals surface area contributed by atoms with Crippen LogP contribution in [0.2, 0.25) is 0 Å². The molecule has 0 heterocycles. The molecule has 0 amide bonds. The van der Waals surface area contributed by atoms with E-state index in [4.69, 9.17) is 9.47 Å². The SMILES string of the molecule is CCC#CCOCC#CCCC/C=C/C(=O)OCC. The first-order chi connectivity index (χ1) is 9.31. The molecule has 0 radical (unpaired) electrons. The van der Waals surface area contributed by atoms with Crippen LogP contribution in [0.4, 0.5) is 0 Å². The Morgan fingerprint density at radius 2 is 1.84 bits per heavy atom. The molecule has 0 unspecified atom stereocenters. The van der Waals surface area contributed by atoms with Gasteiger partial charge in [-0.05, 0) is 19.8 Å². The minimum Gasteiger partial charge on any atom is -0.463 e. The van der Waals surface area contributed by atoms with Gasteiger partial charge in [-0.25, -0.2) is 4.79 Å². The fourth-order valence-electron chi connectivity index (χ4n) is 1.15. The molecule has 0 fully saturated rings. The van der Waals surface area contributed by atoms with E-state index in [0.717, 1.165) is 25.7 Å². The van der Waals surface area contributed by atoms with Gasteiger partial charge >= 0.3 is 5.97 Å². The van der Waals surface area contributed by atoms with Crippen LogP contribution in [0.15, 0.2) is 12.2 Å². The third kappa shape index (κ3) is 14.2. The summed E-state index contributed by atoms with van der Waals surface area (Å²) in [5, 5.41) is 0. The van der Waals surface area contributed by atoms with Gasteiger partial charge in [-0.1, -0.05) is 24.8 Å². The fourth-order valence-corrected chi connectivity index (χ4v) is 1.15. The van der Waals surface area contributed by atoms with Gasteiger partial charge in [0.1, 0.15) is 13.2 Å². The summed E-state index contributed by atoms with van der Waals surface area (Å²) in [4.78, 5) is 11.0. The largest absolute Gasteiger partial charge is 0.463 e. The van der Waals surface area contributed by atoms with Crippen molar-refractivity contribution in [3.63, 3.8) is 0 Å². The van der Waals surface area contributed by atoms with E-state index in [1.54, 1.807) is 6.92 Å². The summed E-state index contributed by atoms with van der Waals surface area (Å²) in [5.74, 6) is 11.5. The first-order valence-corrected chi connectivity index (χ1v) is 6.63. The van der Waals surface area contributed by atoms with Crippen molar-refractivity contribution in [1.82, 2.24) is 0 Å². The molecule has 0 N–H and O–H groups in total. The van der Waals surface area contributed by atoms with Crippen molar-refractivity contribution < 1.29 is 14.3 Å². The van der Waals surface area contributed by atoms with Crippen LogP contribution in [0.25, 0.3) is 0 Å².